The van der Waals surface area contributed by atoms with Crippen LogP contribution in [0.3, 0.4) is 0 Å². The number of carbonyl (C=O) groups is 2. The summed E-state index contributed by atoms with van der Waals surface area (Å²) in [6, 6.07) is 9.19. The van der Waals surface area contributed by atoms with Gasteiger partial charge in [-0.05, 0) is 24.3 Å². The van der Waals surface area contributed by atoms with Crippen molar-refractivity contribution < 1.29 is 41.7 Å². The van der Waals surface area contributed by atoms with E-state index in [2.05, 4.69) is 4.99 Å². The molecular formula is C25H29N3O9S2. The van der Waals surface area contributed by atoms with Crippen molar-refractivity contribution in [1.29, 1.82) is 0 Å². The molecule has 3 aromatic rings. The quantitative estimate of drug-likeness (QED) is 0.295. The van der Waals surface area contributed by atoms with E-state index in [0.717, 1.165) is 10.2 Å². The maximum Gasteiger partial charge on any atom is 0.307 e. The summed E-state index contributed by atoms with van der Waals surface area (Å²) >= 11 is 1.26. The molecule has 0 unspecified atom stereocenters. The maximum absolute atomic E-state index is 13.1. The Morgan fingerprint density at radius 3 is 2.28 bits per heavy atom. The van der Waals surface area contributed by atoms with Crippen LogP contribution in [-0.2, 0) is 35.6 Å². The van der Waals surface area contributed by atoms with Gasteiger partial charge in [0.1, 0.15) is 0 Å². The highest BCUT2D eigenvalue weighted by Crippen LogP contribution is 2.37. The van der Waals surface area contributed by atoms with Gasteiger partial charge in [0.15, 0.2) is 16.3 Å². The molecule has 39 heavy (non-hydrogen) atoms. The van der Waals surface area contributed by atoms with Crippen molar-refractivity contribution in [3.05, 3.63) is 46.8 Å². The zero-order valence-electron chi connectivity index (χ0n) is 21.7. The second-order valence-electron chi connectivity index (χ2n) is 8.37. The lowest BCUT2D eigenvalue weighted by Crippen LogP contribution is -2.36. The van der Waals surface area contributed by atoms with Crippen molar-refractivity contribution in [2.75, 3.05) is 54.4 Å². The van der Waals surface area contributed by atoms with Crippen LogP contribution in [0.2, 0.25) is 0 Å². The van der Waals surface area contributed by atoms with Crippen LogP contribution in [0, 0.1) is 0 Å². The number of rotatable bonds is 12. The monoisotopic (exact) mass is 579 g/mol. The largest absolute Gasteiger partial charge is 0.469 e. The zero-order chi connectivity index (χ0) is 28.0. The summed E-state index contributed by atoms with van der Waals surface area (Å²) in [6.07, 6.45) is 0.0767. The second kappa shape index (κ2) is 12.7. The number of sulfonamides is 1. The fraction of sp³-hybridized carbons (Fsp3) is 0.400. The van der Waals surface area contributed by atoms with Crippen LogP contribution in [0.5, 0.6) is 11.5 Å². The van der Waals surface area contributed by atoms with Gasteiger partial charge in [0.2, 0.25) is 16.8 Å². The highest BCUT2D eigenvalue weighted by molar-refractivity contribution is 7.89. The van der Waals surface area contributed by atoms with Gasteiger partial charge >= 0.3 is 5.97 Å². The molecule has 0 saturated carbocycles. The van der Waals surface area contributed by atoms with Crippen molar-refractivity contribution in [3.8, 4) is 11.5 Å². The summed E-state index contributed by atoms with van der Waals surface area (Å²) in [4.78, 5) is 29.6. The molecule has 0 radical (unpaired) electrons. The first-order valence-electron chi connectivity index (χ1n) is 12.0. The topological polar surface area (TPSA) is 135 Å². The molecule has 2 heterocycles. The minimum Gasteiger partial charge on any atom is -0.469 e. The third-order valence-electron chi connectivity index (χ3n) is 5.97. The summed E-state index contributed by atoms with van der Waals surface area (Å²) in [5.74, 6) is 0.185. The predicted octanol–water partition coefficient (Wildman–Crippen LogP) is 2.02. The number of hydrogen-bond acceptors (Lipinski definition) is 10. The smallest absolute Gasteiger partial charge is 0.307 e. The third-order valence-corrected chi connectivity index (χ3v) is 8.92. The van der Waals surface area contributed by atoms with E-state index in [1.54, 1.807) is 16.7 Å². The number of ether oxygens (including phenoxy) is 5. The molecular weight excluding hydrogens is 550 g/mol. The Balaban J connectivity index is 1.64. The van der Waals surface area contributed by atoms with Crippen LogP contribution in [0.25, 0.3) is 10.2 Å². The number of benzene rings is 2. The highest BCUT2D eigenvalue weighted by Gasteiger charge is 2.24. The summed E-state index contributed by atoms with van der Waals surface area (Å²) in [6.45, 7) is 1.13. The van der Waals surface area contributed by atoms with E-state index >= 15 is 0 Å². The SMILES string of the molecule is COCCN(CCOC)S(=O)(=O)c1ccc(C(=O)N=c2sc3cc4c(cc3n2CCC(=O)OC)OCO4)cc1. The van der Waals surface area contributed by atoms with Crippen LogP contribution in [0.1, 0.15) is 16.8 Å². The Kier molecular flexibility index (Phi) is 9.35. The molecule has 0 bridgehead atoms. The molecule has 4 rings (SSSR count). The summed E-state index contributed by atoms with van der Waals surface area (Å²) in [5, 5.41) is 0. The first-order valence-corrected chi connectivity index (χ1v) is 14.2. The number of thiazole rings is 1. The number of carbonyl (C=O) groups excluding carboxylic acids is 2. The Bertz CT molecular complexity index is 1500. The van der Waals surface area contributed by atoms with Gasteiger partial charge in [-0.2, -0.15) is 9.30 Å². The van der Waals surface area contributed by atoms with Gasteiger partial charge in [0, 0.05) is 51.6 Å². The first-order chi connectivity index (χ1) is 18.8. The lowest BCUT2D eigenvalue weighted by molar-refractivity contribution is -0.140. The molecule has 0 aliphatic carbocycles. The highest BCUT2D eigenvalue weighted by atomic mass is 32.2. The van der Waals surface area contributed by atoms with Gasteiger partial charge < -0.3 is 28.3 Å². The molecule has 0 saturated heterocycles. The van der Waals surface area contributed by atoms with E-state index in [9.17, 15) is 18.0 Å². The van der Waals surface area contributed by atoms with Gasteiger partial charge in [-0.15, -0.1) is 0 Å². The molecule has 1 amide bonds. The first kappa shape index (κ1) is 28.7. The molecule has 1 aromatic heterocycles. The van der Waals surface area contributed by atoms with Gasteiger partial charge in [0.25, 0.3) is 5.91 Å². The van der Waals surface area contributed by atoms with Crippen LogP contribution in [0.4, 0.5) is 0 Å². The fourth-order valence-electron chi connectivity index (χ4n) is 3.87. The van der Waals surface area contributed by atoms with Crippen molar-refractivity contribution >= 4 is 43.5 Å². The van der Waals surface area contributed by atoms with E-state index in [1.165, 1.54) is 61.2 Å². The average Bonchev–Trinajstić information content (AvgIpc) is 3.53. The van der Waals surface area contributed by atoms with Crippen molar-refractivity contribution in [3.63, 3.8) is 0 Å². The fourth-order valence-corrected chi connectivity index (χ4v) is 6.35. The van der Waals surface area contributed by atoms with Gasteiger partial charge in [0.05, 0.1) is 41.9 Å². The lowest BCUT2D eigenvalue weighted by Gasteiger charge is -2.21. The molecule has 0 atom stereocenters. The third kappa shape index (κ3) is 6.47. The predicted molar refractivity (Wildman–Crippen MR) is 141 cm³/mol. The Morgan fingerprint density at radius 1 is 1.03 bits per heavy atom. The summed E-state index contributed by atoms with van der Waals surface area (Å²) in [7, 11) is 0.467. The van der Waals surface area contributed by atoms with Gasteiger partial charge in [-0.25, -0.2) is 8.42 Å². The standard InChI is InChI=1S/C25H29N3O9S2/c1-33-12-10-27(11-13-34-2)39(31,32)18-6-4-17(5-7-18)24(30)26-25-28(9-8-23(29)35-3)19-14-20-21(37-16-36-20)15-22(19)38-25/h4-7,14-15H,8-13,16H2,1-3H3. The molecule has 0 fully saturated rings. The van der Waals surface area contributed by atoms with E-state index in [4.69, 9.17) is 23.7 Å². The van der Waals surface area contributed by atoms with E-state index in [1.807, 2.05) is 0 Å². The Labute approximate surface area is 229 Å². The Hall–Kier alpha value is -3.30. The number of amides is 1. The van der Waals surface area contributed by atoms with Crippen LogP contribution in [0.15, 0.2) is 46.3 Å². The number of aryl methyl sites for hydroxylation is 1. The normalized spacial score (nSPS) is 13.4. The van der Waals surface area contributed by atoms with Crippen LogP contribution >= 0.6 is 11.3 Å². The lowest BCUT2D eigenvalue weighted by atomic mass is 10.2. The maximum atomic E-state index is 13.1. The molecule has 1 aliphatic heterocycles. The van der Waals surface area contributed by atoms with E-state index in [-0.39, 0.29) is 56.5 Å². The second-order valence-corrected chi connectivity index (χ2v) is 11.3. The summed E-state index contributed by atoms with van der Waals surface area (Å²) in [5.41, 5.74) is 0.939. The number of hydrogen-bond donors (Lipinski definition) is 0. The number of aromatic nitrogens is 1. The molecule has 12 nitrogen and oxygen atoms in total. The zero-order valence-corrected chi connectivity index (χ0v) is 23.4. The molecule has 210 valence electrons. The van der Waals surface area contributed by atoms with Crippen molar-refractivity contribution in [1.82, 2.24) is 8.87 Å². The van der Waals surface area contributed by atoms with Gasteiger partial charge in [-0.3, -0.25) is 9.59 Å². The molecule has 0 spiro atoms. The summed E-state index contributed by atoms with van der Waals surface area (Å²) < 4.78 is 55.9. The molecule has 14 heteroatoms. The molecule has 0 N–H and O–H groups in total. The molecule has 2 aromatic carbocycles. The van der Waals surface area contributed by atoms with Crippen LogP contribution < -0.4 is 14.3 Å². The van der Waals surface area contributed by atoms with Crippen molar-refractivity contribution in [2.45, 2.75) is 17.9 Å². The number of nitrogens with zero attached hydrogens (tertiary/aromatic N) is 3. The van der Waals surface area contributed by atoms with Gasteiger partial charge in [-0.1, -0.05) is 11.3 Å². The van der Waals surface area contributed by atoms with E-state index in [0.29, 0.717) is 16.3 Å². The number of esters is 1. The number of methoxy groups -OCH3 is 3. The number of fused-ring (bicyclic) bond motifs is 2. The van der Waals surface area contributed by atoms with Crippen molar-refractivity contribution in [2.24, 2.45) is 4.99 Å². The van der Waals surface area contributed by atoms with E-state index < -0.39 is 21.9 Å². The molecule has 1 aliphatic rings. The minimum atomic E-state index is -3.83. The average molecular weight is 580 g/mol. The Morgan fingerprint density at radius 2 is 1.67 bits per heavy atom. The van der Waals surface area contributed by atoms with Crippen LogP contribution in [-0.4, -0.2) is 83.6 Å². The minimum absolute atomic E-state index is 0.0378.